The minimum atomic E-state index is 0.633. The molecule has 0 aromatic carbocycles. The van der Waals surface area contributed by atoms with E-state index < -0.39 is 0 Å². The number of aromatic nitrogens is 2. The smallest absolute Gasteiger partial charge is 0.175 e. The Morgan fingerprint density at radius 2 is 2.06 bits per heavy atom. The van der Waals surface area contributed by atoms with Crippen molar-refractivity contribution >= 4 is 34.9 Å². The van der Waals surface area contributed by atoms with E-state index in [1.54, 1.807) is 34.9 Å². The SMILES string of the molecule is CCCCCC(C)NCCSc1nnc(SC)s1. The van der Waals surface area contributed by atoms with Crippen LogP contribution in [-0.2, 0) is 0 Å². The molecule has 0 bridgehead atoms. The van der Waals surface area contributed by atoms with Crippen molar-refractivity contribution in [2.75, 3.05) is 18.6 Å². The molecule has 1 rings (SSSR count). The van der Waals surface area contributed by atoms with Crippen molar-refractivity contribution in [2.24, 2.45) is 0 Å². The maximum Gasteiger partial charge on any atom is 0.175 e. The van der Waals surface area contributed by atoms with Crippen LogP contribution in [0.15, 0.2) is 8.68 Å². The van der Waals surface area contributed by atoms with Gasteiger partial charge in [0.05, 0.1) is 0 Å². The maximum absolute atomic E-state index is 4.15. The van der Waals surface area contributed by atoms with Crippen LogP contribution in [-0.4, -0.2) is 34.8 Å². The lowest BCUT2D eigenvalue weighted by Gasteiger charge is -2.12. The molecule has 6 heteroatoms. The highest BCUT2D eigenvalue weighted by molar-refractivity contribution is 8.02. The summed E-state index contributed by atoms with van der Waals surface area (Å²) in [6, 6.07) is 0.633. The van der Waals surface area contributed by atoms with Gasteiger partial charge in [-0.2, -0.15) is 0 Å². The van der Waals surface area contributed by atoms with Crippen LogP contribution in [0.4, 0.5) is 0 Å². The number of nitrogens with one attached hydrogen (secondary N) is 1. The summed E-state index contributed by atoms with van der Waals surface area (Å²) in [5, 5.41) is 11.8. The highest BCUT2D eigenvalue weighted by Gasteiger charge is 2.04. The summed E-state index contributed by atoms with van der Waals surface area (Å²) in [5.41, 5.74) is 0. The third-order valence-electron chi connectivity index (χ3n) is 2.62. The van der Waals surface area contributed by atoms with Gasteiger partial charge in [0.25, 0.3) is 0 Å². The molecule has 0 saturated carbocycles. The zero-order chi connectivity index (χ0) is 13.2. The molecule has 3 nitrogen and oxygen atoms in total. The van der Waals surface area contributed by atoms with E-state index in [1.165, 1.54) is 25.7 Å². The number of unbranched alkanes of at least 4 members (excludes halogenated alkanes) is 2. The van der Waals surface area contributed by atoms with E-state index in [9.17, 15) is 0 Å². The third-order valence-corrected chi connectivity index (χ3v) is 5.66. The molecule has 0 amide bonds. The van der Waals surface area contributed by atoms with Crippen LogP contribution in [0.3, 0.4) is 0 Å². The number of rotatable bonds is 10. The second-order valence-electron chi connectivity index (χ2n) is 4.24. The van der Waals surface area contributed by atoms with Gasteiger partial charge in [0.15, 0.2) is 8.68 Å². The largest absolute Gasteiger partial charge is 0.313 e. The fourth-order valence-corrected chi connectivity index (χ4v) is 3.96. The van der Waals surface area contributed by atoms with Gasteiger partial charge in [-0.25, -0.2) is 0 Å². The first kappa shape index (κ1) is 16.3. The van der Waals surface area contributed by atoms with Crippen LogP contribution in [0.1, 0.15) is 39.5 Å². The molecule has 1 N–H and O–H groups in total. The van der Waals surface area contributed by atoms with Gasteiger partial charge < -0.3 is 5.32 Å². The maximum atomic E-state index is 4.15. The number of hydrogen-bond acceptors (Lipinski definition) is 6. The van der Waals surface area contributed by atoms with Gasteiger partial charge in [-0.15, -0.1) is 10.2 Å². The second-order valence-corrected chi connectivity index (χ2v) is 7.61. The summed E-state index contributed by atoms with van der Waals surface area (Å²) in [6.07, 6.45) is 7.31. The topological polar surface area (TPSA) is 37.8 Å². The van der Waals surface area contributed by atoms with E-state index >= 15 is 0 Å². The lowest BCUT2D eigenvalue weighted by atomic mass is 10.1. The number of nitrogens with zero attached hydrogens (tertiary/aromatic N) is 2. The molecule has 1 aromatic rings. The van der Waals surface area contributed by atoms with E-state index in [0.29, 0.717) is 6.04 Å². The van der Waals surface area contributed by atoms with Crippen LogP contribution >= 0.6 is 34.9 Å². The van der Waals surface area contributed by atoms with Gasteiger partial charge in [-0.1, -0.05) is 61.0 Å². The summed E-state index contributed by atoms with van der Waals surface area (Å²) in [7, 11) is 0. The average Bonchev–Trinajstić information content (AvgIpc) is 2.83. The third kappa shape index (κ3) is 6.97. The Hall–Kier alpha value is 0.220. The highest BCUT2D eigenvalue weighted by atomic mass is 32.2. The van der Waals surface area contributed by atoms with Crippen molar-refractivity contribution in [3.05, 3.63) is 0 Å². The van der Waals surface area contributed by atoms with Crippen LogP contribution in [0.25, 0.3) is 0 Å². The van der Waals surface area contributed by atoms with E-state index in [1.807, 2.05) is 6.26 Å². The predicted octanol–water partition coefficient (Wildman–Crippen LogP) is 3.91. The fraction of sp³-hybridized carbons (Fsp3) is 0.833. The van der Waals surface area contributed by atoms with Crippen molar-refractivity contribution in [3.63, 3.8) is 0 Å². The number of hydrogen-bond donors (Lipinski definition) is 1. The van der Waals surface area contributed by atoms with Gasteiger partial charge >= 0.3 is 0 Å². The first-order valence-electron chi connectivity index (χ1n) is 6.50. The molecule has 0 fully saturated rings. The molecular formula is C12H23N3S3. The Morgan fingerprint density at radius 1 is 1.28 bits per heavy atom. The summed E-state index contributed by atoms with van der Waals surface area (Å²) >= 11 is 5.14. The molecule has 1 atom stereocenters. The summed E-state index contributed by atoms with van der Waals surface area (Å²) in [5.74, 6) is 1.07. The standard InChI is InChI=1S/C12H23N3S3/c1-4-5-6-7-10(2)13-8-9-17-12-15-14-11(16-3)18-12/h10,13H,4-9H2,1-3H3. The second kappa shape index (κ2) is 10.1. The molecule has 1 heterocycles. The lowest BCUT2D eigenvalue weighted by molar-refractivity contribution is 0.502. The first-order valence-corrected chi connectivity index (χ1v) is 9.52. The minimum absolute atomic E-state index is 0.633. The van der Waals surface area contributed by atoms with Crippen LogP contribution < -0.4 is 5.32 Å². The Morgan fingerprint density at radius 3 is 2.72 bits per heavy atom. The van der Waals surface area contributed by atoms with E-state index in [-0.39, 0.29) is 0 Å². The van der Waals surface area contributed by atoms with E-state index in [2.05, 4.69) is 29.4 Å². The normalized spacial score (nSPS) is 12.8. The Labute approximate surface area is 123 Å². The quantitative estimate of drug-likeness (QED) is 0.524. The molecular weight excluding hydrogens is 282 g/mol. The summed E-state index contributed by atoms with van der Waals surface area (Å²) < 4.78 is 2.14. The van der Waals surface area contributed by atoms with Gasteiger partial charge in [0.2, 0.25) is 0 Å². The van der Waals surface area contributed by atoms with Gasteiger partial charge in [-0.05, 0) is 19.6 Å². The van der Waals surface area contributed by atoms with E-state index in [0.717, 1.165) is 21.0 Å². The van der Waals surface area contributed by atoms with Crippen molar-refractivity contribution in [2.45, 2.75) is 54.3 Å². The van der Waals surface area contributed by atoms with Crippen LogP contribution in [0, 0.1) is 0 Å². The van der Waals surface area contributed by atoms with E-state index in [4.69, 9.17) is 0 Å². The monoisotopic (exact) mass is 305 g/mol. The molecule has 104 valence electrons. The molecule has 18 heavy (non-hydrogen) atoms. The van der Waals surface area contributed by atoms with Crippen molar-refractivity contribution in [1.82, 2.24) is 15.5 Å². The molecule has 0 radical (unpaired) electrons. The summed E-state index contributed by atoms with van der Waals surface area (Å²) in [4.78, 5) is 0. The molecule has 0 aliphatic carbocycles. The average molecular weight is 306 g/mol. The van der Waals surface area contributed by atoms with Gasteiger partial charge in [0, 0.05) is 18.3 Å². The fourth-order valence-electron chi connectivity index (χ4n) is 1.58. The van der Waals surface area contributed by atoms with Crippen molar-refractivity contribution in [3.8, 4) is 0 Å². The Balaban J connectivity index is 2.03. The first-order chi connectivity index (χ1) is 8.76. The summed E-state index contributed by atoms with van der Waals surface area (Å²) in [6.45, 7) is 5.57. The van der Waals surface area contributed by atoms with Crippen LogP contribution in [0.5, 0.6) is 0 Å². The molecule has 0 aliphatic heterocycles. The molecule has 1 aromatic heterocycles. The van der Waals surface area contributed by atoms with Crippen molar-refractivity contribution < 1.29 is 0 Å². The van der Waals surface area contributed by atoms with Gasteiger partial charge in [0.1, 0.15) is 0 Å². The Bertz CT molecular complexity index is 317. The predicted molar refractivity (Wildman–Crippen MR) is 84.0 cm³/mol. The van der Waals surface area contributed by atoms with Crippen molar-refractivity contribution in [1.29, 1.82) is 0 Å². The molecule has 0 aliphatic rings. The number of thioether (sulfide) groups is 2. The minimum Gasteiger partial charge on any atom is -0.313 e. The van der Waals surface area contributed by atoms with Gasteiger partial charge in [-0.3, -0.25) is 0 Å². The molecule has 1 unspecified atom stereocenters. The zero-order valence-corrected chi connectivity index (χ0v) is 13.9. The zero-order valence-electron chi connectivity index (χ0n) is 11.4. The lowest BCUT2D eigenvalue weighted by Crippen LogP contribution is -2.28. The Kier molecular flexibility index (Phi) is 9.10. The molecule has 0 saturated heterocycles. The highest BCUT2D eigenvalue weighted by Crippen LogP contribution is 2.26. The van der Waals surface area contributed by atoms with Crippen LogP contribution in [0.2, 0.25) is 0 Å². The molecule has 0 spiro atoms.